The van der Waals surface area contributed by atoms with E-state index in [0.717, 1.165) is 11.1 Å². The first-order chi connectivity index (χ1) is 15.0. The zero-order valence-corrected chi connectivity index (χ0v) is 18.1. The second kappa shape index (κ2) is 8.62. The van der Waals surface area contributed by atoms with E-state index in [1.807, 2.05) is 37.3 Å². The van der Waals surface area contributed by atoms with Crippen LogP contribution < -0.4 is 15.0 Å². The second-order valence-corrected chi connectivity index (χ2v) is 7.38. The number of rotatable bonds is 5. The molecule has 1 aromatic heterocycles. The molecular formula is C24H20ClN3O3. The van der Waals surface area contributed by atoms with Gasteiger partial charge in [0.25, 0.3) is 5.56 Å². The molecule has 0 amide bonds. The summed E-state index contributed by atoms with van der Waals surface area (Å²) in [5.41, 5.74) is 2.87. The lowest BCUT2D eigenvalue weighted by Gasteiger charge is -2.12. The predicted molar refractivity (Wildman–Crippen MR) is 124 cm³/mol. The molecule has 0 radical (unpaired) electrons. The molecule has 7 heteroatoms. The van der Waals surface area contributed by atoms with Crippen molar-refractivity contribution in [3.8, 4) is 22.9 Å². The van der Waals surface area contributed by atoms with Crippen molar-refractivity contribution in [2.45, 2.75) is 6.92 Å². The number of aryl methyl sites for hydroxylation is 1. The van der Waals surface area contributed by atoms with Gasteiger partial charge in [-0.2, -0.15) is 9.78 Å². The molecule has 0 aliphatic carbocycles. The second-order valence-electron chi connectivity index (χ2n) is 6.94. The van der Waals surface area contributed by atoms with Crippen LogP contribution in [0.15, 0.2) is 70.6 Å². The molecule has 0 aliphatic rings. The molecule has 6 nitrogen and oxygen atoms in total. The molecule has 3 aromatic carbocycles. The molecular weight excluding hydrogens is 414 g/mol. The molecule has 4 aromatic rings. The zero-order valence-electron chi connectivity index (χ0n) is 17.3. The average Bonchev–Trinajstić information content (AvgIpc) is 2.79. The summed E-state index contributed by atoms with van der Waals surface area (Å²) in [5, 5.41) is 5.31. The highest BCUT2D eigenvalue weighted by Crippen LogP contribution is 2.32. The van der Waals surface area contributed by atoms with Crippen LogP contribution in [0.1, 0.15) is 11.1 Å². The van der Waals surface area contributed by atoms with Crippen LogP contribution in [-0.2, 0) is 0 Å². The van der Waals surface area contributed by atoms with Crippen molar-refractivity contribution in [2.24, 2.45) is 5.10 Å². The van der Waals surface area contributed by atoms with Crippen LogP contribution >= 0.6 is 11.6 Å². The van der Waals surface area contributed by atoms with E-state index in [9.17, 15) is 4.79 Å². The Morgan fingerprint density at radius 1 is 0.968 bits per heavy atom. The minimum Gasteiger partial charge on any atom is -0.493 e. The number of hydrogen-bond acceptors (Lipinski definition) is 5. The summed E-state index contributed by atoms with van der Waals surface area (Å²) in [4.78, 5) is 18.0. The SMILES string of the molecule is COc1ccc(-c2nc3ccc(Cl)cc3c(=O)n2N=Cc2ccc(C)cc2)cc1OC. The smallest absolute Gasteiger partial charge is 0.282 e. The van der Waals surface area contributed by atoms with E-state index in [4.69, 9.17) is 26.1 Å². The lowest BCUT2D eigenvalue weighted by Crippen LogP contribution is -2.20. The van der Waals surface area contributed by atoms with Gasteiger partial charge in [0.2, 0.25) is 0 Å². The van der Waals surface area contributed by atoms with E-state index in [1.165, 1.54) is 4.68 Å². The summed E-state index contributed by atoms with van der Waals surface area (Å²) in [5.74, 6) is 1.49. The molecule has 0 unspecified atom stereocenters. The maximum Gasteiger partial charge on any atom is 0.282 e. The Labute approximate surface area is 184 Å². The molecule has 0 spiro atoms. The van der Waals surface area contributed by atoms with Gasteiger partial charge < -0.3 is 9.47 Å². The van der Waals surface area contributed by atoms with Gasteiger partial charge in [-0.1, -0.05) is 41.4 Å². The third-order valence-corrected chi connectivity index (χ3v) is 5.08. The number of methoxy groups -OCH3 is 2. The quantitative estimate of drug-likeness (QED) is 0.419. The van der Waals surface area contributed by atoms with Crippen LogP contribution in [0.2, 0.25) is 5.02 Å². The maximum absolute atomic E-state index is 13.3. The minimum absolute atomic E-state index is 0.319. The molecule has 0 saturated carbocycles. The van der Waals surface area contributed by atoms with Gasteiger partial charge in [0.15, 0.2) is 17.3 Å². The molecule has 1 heterocycles. The van der Waals surface area contributed by atoms with Gasteiger partial charge in [0.05, 0.1) is 31.3 Å². The van der Waals surface area contributed by atoms with Crippen molar-refractivity contribution in [1.29, 1.82) is 0 Å². The average molecular weight is 434 g/mol. The van der Waals surface area contributed by atoms with Crippen LogP contribution in [-0.4, -0.2) is 30.1 Å². The monoisotopic (exact) mass is 433 g/mol. The summed E-state index contributed by atoms with van der Waals surface area (Å²) in [7, 11) is 3.12. The number of hydrogen-bond donors (Lipinski definition) is 0. The van der Waals surface area contributed by atoms with Crippen LogP contribution in [0, 0.1) is 6.92 Å². The zero-order chi connectivity index (χ0) is 22.0. The summed E-state index contributed by atoms with van der Waals surface area (Å²) in [6, 6.07) is 18.2. The summed E-state index contributed by atoms with van der Waals surface area (Å²) in [6.45, 7) is 2.01. The Morgan fingerprint density at radius 3 is 2.42 bits per heavy atom. The fourth-order valence-corrected chi connectivity index (χ4v) is 3.37. The van der Waals surface area contributed by atoms with Gasteiger partial charge in [-0.3, -0.25) is 4.79 Å². The topological polar surface area (TPSA) is 65.7 Å². The number of benzene rings is 3. The molecule has 0 N–H and O–H groups in total. The Morgan fingerprint density at radius 2 is 1.71 bits per heavy atom. The summed E-state index contributed by atoms with van der Waals surface area (Å²) in [6.07, 6.45) is 1.63. The van der Waals surface area contributed by atoms with Gasteiger partial charge in [-0.05, 0) is 48.9 Å². The Balaban J connectivity index is 1.95. The Kier molecular flexibility index (Phi) is 5.73. The lowest BCUT2D eigenvalue weighted by molar-refractivity contribution is 0.355. The number of halogens is 1. The first kappa shape index (κ1) is 20.6. The van der Waals surface area contributed by atoms with Crippen LogP contribution in [0.4, 0.5) is 0 Å². The fourth-order valence-electron chi connectivity index (χ4n) is 3.19. The van der Waals surface area contributed by atoms with E-state index in [0.29, 0.717) is 38.8 Å². The largest absolute Gasteiger partial charge is 0.493 e. The Bertz CT molecular complexity index is 1350. The first-order valence-electron chi connectivity index (χ1n) is 9.56. The molecule has 0 aliphatic heterocycles. The van der Waals surface area contributed by atoms with Crippen molar-refractivity contribution in [3.63, 3.8) is 0 Å². The highest BCUT2D eigenvalue weighted by molar-refractivity contribution is 6.31. The van der Waals surface area contributed by atoms with E-state index in [1.54, 1.807) is 50.8 Å². The van der Waals surface area contributed by atoms with E-state index < -0.39 is 0 Å². The maximum atomic E-state index is 13.3. The molecule has 0 saturated heterocycles. The number of aromatic nitrogens is 2. The van der Waals surface area contributed by atoms with E-state index >= 15 is 0 Å². The van der Waals surface area contributed by atoms with Gasteiger partial charge >= 0.3 is 0 Å². The minimum atomic E-state index is -0.319. The first-order valence-corrected chi connectivity index (χ1v) is 9.93. The molecule has 0 bridgehead atoms. The van der Waals surface area contributed by atoms with Crippen molar-refractivity contribution >= 4 is 28.7 Å². The summed E-state index contributed by atoms with van der Waals surface area (Å²) < 4.78 is 12.0. The molecule has 31 heavy (non-hydrogen) atoms. The van der Waals surface area contributed by atoms with Crippen molar-refractivity contribution in [1.82, 2.24) is 9.66 Å². The lowest BCUT2D eigenvalue weighted by atomic mass is 10.1. The normalized spacial score (nSPS) is 11.2. The Hall–Kier alpha value is -3.64. The van der Waals surface area contributed by atoms with Gasteiger partial charge in [0, 0.05) is 10.6 Å². The highest BCUT2D eigenvalue weighted by Gasteiger charge is 2.15. The highest BCUT2D eigenvalue weighted by atomic mass is 35.5. The number of fused-ring (bicyclic) bond motifs is 1. The van der Waals surface area contributed by atoms with Gasteiger partial charge in [-0.15, -0.1) is 0 Å². The molecule has 0 atom stereocenters. The molecule has 4 rings (SSSR count). The fraction of sp³-hybridized carbons (Fsp3) is 0.125. The van der Waals surface area contributed by atoms with Gasteiger partial charge in [-0.25, -0.2) is 4.98 Å². The van der Waals surface area contributed by atoms with Crippen molar-refractivity contribution < 1.29 is 9.47 Å². The third kappa shape index (κ3) is 4.15. The van der Waals surface area contributed by atoms with Crippen molar-refractivity contribution in [2.75, 3.05) is 14.2 Å². The van der Waals surface area contributed by atoms with Crippen molar-refractivity contribution in [3.05, 3.63) is 87.2 Å². The summed E-state index contributed by atoms with van der Waals surface area (Å²) >= 11 is 6.12. The molecule has 0 fully saturated rings. The van der Waals surface area contributed by atoms with Crippen LogP contribution in [0.3, 0.4) is 0 Å². The van der Waals surface area contributed by atoms with E-state index in [-0.39, 0.29) is 5.56 Å². The third-order valence-electron chi connectivity index (χ3n) is 4.85. The van der Waals surface area contributed by atoms with Crippen LogP contribution in [0.5, 0.6) is 11.5 Å². The number of nitrogens with zero attached hydrogens (tertiary/aromatic N) is 3. The van der Waals surface area contributed by atoms with Crippen LogP contribution in [0.25, 0.3) is 22.3 Å². The predicted octanol–water partition coefficient (Wildman–Crippen LogP) is 4.92. The van der Waals surface area contributed by atoms with Gasteiger partial charge in [0.1, 0.15) is 0 Å². The molecule has 156 valence electrons. The standard InChI is InChI=1S/C24H20ClN3O3/c1-15-4-6-16(7-5-15)14-26-28-23(17-8-11-21(30-2)22(12-17)31-3)27-20-10-9-18(25)13-19(20)24(28)29/h4-14H,1-3H3. The number of ether oxygens (including phenoxy) is 2. The van der Waals surface area contributed by atoms with E-state index in [2.05, 4.69) is 5.10 Å².